The quantitative estimate of drug-likeness (QED) is 0.481. The summed E-state index contributed by atoms with van der Waals surface area (Å²) in [6.45, 7) is 2.16. The van der Waals surface area contributed by atoms with Crippen molar-refractivity contribution in [3.63, 3.8) is 0 Å². The van der Waals surface area contributed by atoms with Gasteiger partial charge in [0, 0.05) is 24.6 Å². The van der Waals surface area contributed by atoms with Crippen LogP contribution in [0.3, 0.4) is 0 Å². The molecule has 3 aromatic carbocycles. The molecule has 1 aliphatic rings. The maximum Gasteiger partial charge on any atom is 0.238 e. The number of halogens is 2. The van der Waals surface area contributed by atoms with Gasteiger partial charge in [-0.15, -0.1) is 0 Å². The highest BCUT2D eigenvalue weighted by molar-refractivity contribution is 7.89. The molecular formula is C23H21Cl2N3O4S. The van der Waals surface area contributed by atoms with E-state index in [-0.39, 0.29) is 23.1 Å². The van der Waals surface area contributed by atoms with E-state index in [1.165, 1.54) is 12.1 Å². The van der Waals surface area contributed by atoms with Gasteiger partial charge in [-0.1, -0.05) is 35.3 Å². The monoisotopic (exact) mass is 505 g/mol. The van der Waals surface area contributed by atoms with Crippen LogP contribution < -0.4 is 20.5 Å². The molecule has 1 aliphatic heterocycles. The average molecular weight is 506 g/mol. The van der Waals surface area contributed by atoms with E-state index in [1.54, 1.807) is 48.2 Å². The molecule has 10 heteroatoms. The summed E-state index contributed by atoms with van der Waals surface area (Å²) in [5.74, 6) is 0.513. The van der Waals surface area contributed by atoms with Crippen molar-refractivity contribution in [2.75, 3.05) is 17.2 Å². The second kappa shape index (κ2) is 8.87. The van der Waals surface area contributed by atoms with Crippen LogP contribution in [-0.2, 0) is 14.8 Å². The van der Waals surface area contributed by atoms with Crippen molar-refractivity contribution < 1.29 is 17.9 Å². The minimum atomic E-state index is -3.82. The van der Waals surface area contributed by atoms with E-state index in [4.69, 9.17) is 38.8 Å². The third-order valence-corrected chi connectivity index (χ3v) is 7.07. The van der Waals surface area contributed by atoms with Crippen LogP contribution in [0.5, 0.6) is 11.5 Å². The minimum absolute atomic E-state index is 0.00489. The Morgan fingerprint density at radius 3 is 2.48 bits per heavy atom. The van der Waals surface area contributed by atoms with E-state index >= 15 is 0 Å². The van der Waals surface area contributed by atoms with Gasteiger partial charge in [0.05, 0.1) is 20.6 Å². The zero-order valence-electron chi connectivity index (χ0n) is 17.6. The lowest BCUT2D eigenvalue weighted by molar-refractivity contribution is -0.117. The molecule has 0 radical (unpaired) electrons. The number of ether oxygens (including phenoxy) is 1. The van der Waals surface area contributed by atoms with Crippen LogP contribution in [0.2, 0.25) is 10.0 Å². The maximum absolute atomic E-state index is 12.8. The number of aryl methyl sites for hydroxylation is 1. The minimum Gasteiger partial charge on any atom is -0.452 e. The fraction of sp³-hybridized carbons (Fsp3) is 0.174. The van der Waals surface area contributed by atoms with Crippen LogP contribution >= 0.6 is 23.2 Å². The molecule has 1 amide bonds. The number of sulfonamides is 1. The highest BCUT2D eigenvalue weighted by Crippen LogP contribution is 2.40. The third kappa shape index (κ3) is 4.79. The molecule has 1 heterocycles. The first kappa shape index (κ1) is 23.4. The summed E-state index contributed by atoms with van der Waals surface area (Å²) in [5, 5.41) is 5.95. The van der Waals surface area contributed by atoms with Crippen LogP contribution in [0.25, 0.3) is 0 Å². The molecule has 4 N–H and O–H groups in total. The number of nitrogen functional groups attached to an aromatic ring is 1. The van der Waals surface area contributed by atoms with Gasteiger partial charge in [0.1, 0.15) is 5.75 Å². The first-order valence-corrected chi connectivity index (χ1v) is 12.3. The lowest BCUT2D eigenvalue weighted by Crippen LogP contribution is -2.25. The zero-order valence-corrected chi connectivity index (χ0v) is 19.9. The number of nitrogens with two attached hydrogens (primary N) is 2. The normalized spacial score (nSPS) is 16.3. The highest BCUT2D eigenvalue weighted by atomic mass is 35.5. The fourth-order valence-electron chi connectivity index (χ4n) is 3.87. The SMILES string of the molecule is Cc1cc(S(N)(=O)=O)ccc1N1C[C@@H](c2ccc(Cl)c(Oc3c(N)cccc3Cl)c2)CC1=O. The summed E-state index contributed by atoms with van der Waals surface area (Å²) in [7, 11) is -3.82. The van der Waals surface area contributed by atoms with Crippen molar-refractivity contribution in [1.29, 1.82) is 0 Å². The van der Waals surface area contributed by atoms with Crippen molar-refractivity contribution in [1.82, 2.24) is 0 Å². The topological polar surface area (TPSA) is 116 Å². The number of anilines is 2. The largest absolute Gasteiger partial charge is 0.452 e. The third-order valence-electron chi connectivity index (χ3n) is 5.55. The maximum atomic E-state index is 12.8. The first-order valence-electron chi connectivity index (χ1n) is 9.99. The van der Waals surface area contributed by atoms with Gasteiger partial charge in [-0.05, 0) is 60.5 Å². The number of rotatable bonds is 5. The molecule has 0 bridgehead atoms. The van der Waals surface area contributed by atoms with E-state index in [0.29, 0.717) is 45.0 Å². The smallest absolute Gasteiger partial charge is 0.238 e. The predicted molar refractivity (Wildman–Crippen MR) is 130 cm³/mol. The zero-order chi connectivity index (χ0) is 23.9. The number of primary sulfonamides is 1. The van der Waals surface area contributed by atoms with Crippen LogP contribution in [0.15, 0.2) is 59.5 Å². The van der Waals surface area contributed by atoms with E-state index in [0.717, 1.165) is 5.56 Å². The molecule has 0 aliphatic carbocycles. The molecule has 7 nitrogen and oxygen atoms in total. The summed E-state index contributed by atoms with van der Waals surface area (Å²) in [5.41, 5.74) is 8.52. The molecular weight excluding hydrogens is 485 g/mol. The Hall–Kier alpha value is -2.78. The Morgan fingerprint density at radius 2 is 1.82 bits per heavy atom. The van der Waals surface area contributed by atoms with E-state index in [9.17, 15) is 13.2 Å². The lowest BCUT2D eigenvalue weighted by Gasteiger charge is -2.20. The summed E-state index contributed by atoms with van der Waals surface area (Å²) < 4.78 is 29.1. The molecule has 33 heavy (non-hydrogen) atoms. The highest BCUT2D eigenvalue weighted by Gasteiger charge is 2.33. The van der Waals surface area contributed by atoms with Gasteiger partial charge in [-0.3, -0.25) is 4.79 Å². The van der Waals surface area contributed by atoms with E-state index < -0.39 is 10.0 Å². The Kier molecular flexibility index (Phi) is 6.28. The number of para-hydroxylation sites is 1. The summed E-state index contributed by atoms with van der Waals surface area (Å²) in [6, 6.07) is 14.9. The number of carbonyl (C=O) groups excluding carboxylic acids is 1. The van der Waals surface area contributed by atoms with Crippen molar-refractivity contribution >= 4 is 50.5 Å². The van der Waals surface area contributed by atoms with Gasteiger partial charge in [-0.2, -0.15) is 0 Å². The van der Waals surface area contributed by atoms with Gasteiger partial charge in [0.25, 0.3) is 0 Å². The Balaban J connectivity index is 1.60. The molecule has 1 fully saturated rings. The van der Waals surface area contributed by atoms with Crippen LogP contribution in [0.4, 0.5) is 11.4 Å². The molecule has 0 unspecified atom stereocenters. The van der Waals surface area contributed by atoms with Gasteiger partial charge in [0.15, 0.2) is 5.75 Å². The Morgan fingerprint density at radius 1 is 1.06 bits per heavy atom. The summed E-state index contributed by atoms with van der Waals surface area (Å²) in [6.07, 6.45) is 0.283. The Bertz CT molecular complexity index is 1340. The molecule has 172 valence electrons. The second-order valence-electron chi connectivity index (χ2n) is 7.85. The summed E-state index contributed by atoms with van der Waals surface area (Å²) >= 11 is 12.6. The molecule has 3 aromatic rings. The number of nitrogens with zero attached hydrogens (tertiary/aromatic N) is 1. The number of hydrogen-bond donors (Lipinski definition) is 2. The van der Waals surface area contributed by atoms with Gasteiger partial charge < -0.3 is 15.4 Å². The number of amides is 1. The fourth-order valence-corrected chi connectivity index (χ4v) is 4.84. The van der Waals surface area contributed by atoms with Crippen molar-refractivity contribution in [2.45, 2.75) is 24.2 Å². The van der Waals surface area contributed by atoms with Gasteiger partial charge in [0.2, 0.25) is 15.9 Å². The lowest BCUT2D eigenvalue weighted by atomic mass is 9.98. The van der Waals surface area contributed by atoms with E-state index in [2.05, 4.69) is 0 Å². The molecule has 0 aromatic heterocycles. The van der Waals surface area contributed by atoms with Crippen molar-refractivity contribution in [3.8, 4) is 11.5 Å². The van der Waals surface area contributed by atoms with Crippen LogP contribution in [0, 0.1) is 6.92 Å². The molecule has 1 saturated heterocycles. The standard InChI is InChI=1S/C23H21Cl2N3O4S/c1-13-9-16(33(27,30)31)6-8-20(13)28-12-15(11-22(28)29)14-5-7-17(24)21(10-14)32-23-18(25)3-2-4-19(23)26/h2-10,15H,11-12,26H2,1H3,(H2,27,30,31)/t15-/m0/s1. The number of benzene rings is 3. The van der Waals surface area contributed by atoms with E-state index in [1.807, 2.05) is 6.07 Å². The molecule has 1 atom stereocenters. The van der Waals surface area contributed by atoms with Gasteiger partial charge >= 0.3 is 0 Å². The predicted octanol–water partition coefficient (Wildman–Crippen LogP) is 4.84. The first-order chi connectivity index (χ1) is 15.5. The Labute approximate surface area is 201 Å². The number of carbonyl (C=O) groups is 1. The molecule has 0 spiro atoms. The van der Waals surface area contributed by atoms with Crippen molar-refractivity contribution in [3.05, 3.63) is 75.8 Å². The summed E-state index contributed by atoms with van der Waals surface area (Å²) in [4.78, 5) is 14.5. The molecule has 4 rings (SSSR count). The molecule has 0 saturated carbocycles. The second-order valence-corrected chi connectivity index (χ2v) is 10.2. The average Bonchev–Trinajstić information content (AvgIpc) is 3.12. The van der Waals surface area contributed by atoms with Crippen LogP contribution in [0.1, 0.15) is 23.5 Å². The van der Waals surface area contributed by atoms with Crippen molar-refractivity contribution in [2.24, 2.45) is 5.14 Å². The number of hydrogen-bond acceptors (Lipinski definition) is 5. The van der Waals surface area contributed by atoms with Gasteiger partial charge in [-0.25, -0.2) is 13.6 Å². The van der Waals surface area contributed by atoms with Crippen LogP contribution in [-0.4, -0.2) is 20.9 Å².